The van der Waals surface area contributed by atoms with Crippen LogP contribution in [0.1, 0.15) is 33.1 Å². The number of likely N-dealkylation sites (tertiary alicyclic amines) is 2. The predicted molar refractivity (Wildman–Crippen MR) is 60.6 cm³/mol. The van der Waals surface area contributed by atoms with Crippen LogP contribution in [0.3, 0.4) is 0 Å². The number of hydrogen-bond donors (Lipinski definition) is 0. The van der Waals surface area contributed by atoms with Crippen molar-refractivity contribution in [3.8, 4) is 0 Å². The third-order valence-electron chi connectivity index (χ3n) is 3.63. The summed E-state index contributed by atoms with van der Waals surface area (Å²) in [5.74, 6) is 1.07. The Morgan fingerprint density at radius 1 is 1.40 bits per heavy atom. The first-order valence-electron chi connectivity index (χ1n) is 6.18. The molecule has 3 nitrogen and oxygen atoms in total. The largest absolute Gasteiger partial charge is 0.340 e. The highest BCUT2D eigenvalue weighted by Gasteiger charge is 2.29. The van der Waals surface area contributed by atoms with Gasteiger partial charge in [-0.3, -0.25) is 4.79 Å². The average molecular weight is 210 g/mol. The van der Waals surface area contributed by atoms with Crippen molar-refractivity contribution in [1.82, 2.24) is 9.80 Å². The summed E-state index contributed by atoms with van der Waals surface area (Å²) in [4.78, 5) is 16.2. The Labute approximate surface area is 92.4 Å². The molecule has 0 radical (unpaired) electrons. The van der Waals surface area contributed by atoms with Crippen LogP contribution in [0.5, 0.6) is 0 Å². The summed E-state index contributed by atoms with van der Waals surface area (Å²) in [6.45, 7) is 8.95. The second-order valence-electron chi connectivity index (χ2n) is 5.20. The van der Waals surface area contributed by atoms with Crippen molar-refractivity contribution in [1.29, 1.82) is 0 Å². The van der Waals surface area contributed by atoms with Crippen molar-refractivity contribution >= 4 is 5.91 Å². The monoisotopic (exact) mass is 210 g/mol. The van der Waals surface area contributed by atoms with Gasteiger partial charge in [-0.1, -0.05) is 0 Å². The van der Waals surface area contributed by atoms with Crippen LogP contribution in [-0.2, 0) is 4.79 Å². The lowest BCUT2D eigenvalue weighted by molar-refractivity contribution is -0.137. The first-order chi connectivity index (χ1) is 7.16. The summed E-state index contributed by atoms with van der Waals surface area (Å²) in [6.07, 6.45) is 3.22. The van der Waals surface area contributed by atoms with Crippen molar-refractivity contribution in [3.63, 3.8) is 0 Å². The Bertz CT molecular complexity index is 236. The lowest BCUT2D eigenvalue weighted by atomic mass is 9.95. The van der Waals surface area contributed by atoms with E-state index in [-0.39, 0.29) is 0 Å². The highest BCUT2D eigenvalue weighted by Crippen LogP contribution is 2.22. The number of rotatable bonds is 3. The smallest absolute Gasteiger partial charge is 0.222 e. The van der Waals surface area contributed by atoms with Crippen molar-refractivity contribution in [3.05, 3.63) is 0 Å². The quantitative estimate of drug-likeness (QED) is 0.702. The summed E-state index contributed by atoms with van der Waals surface area (Å²) in [5, 5.41) is 0. The van der Waals surface area contributed by atoms with Crippen molar-refractivity contribution in [2.45, 2.75) is 39.2 Å². The van der Waals surface area contributed by atoms with Crippen LogP contribution in [0.25, 0.3) is 0 Å². The number of carbonyl (C=O) groups excluding carboxylic acids is 1. The zero-order valence-corrected chi connectivity index (χ0v) is 9.91. The molecule has 0 aromatic rings. The van der Waals surface area contributed by atoms with Gasteiger partial charge < -0.3 is 9.80 Å². The van der Waals surface area contributed by atoms with Gasteiger partial charge in [-0.25, -0.2) is 0 Å². The molecule has 2 aliphatic rings. The molecule has 0 aromatic carbocycles. The van der Waals surface area contributed by atoms with Gasteiger partial charge in [-0.05, 0) is 45.7 Å². The molecule has 2 aliphatic heterocycles. The number of nitrogens with zero attached hydrogens (tertiary/aromatic N) is 2. The van der Waals surface area contributed by atoms with E-state index in [1.165, 1.54) is 26.1 Å². The molecular formula is C12H22N2O. The molecule has 1 unspecified atom stereocenters. The van der Waals surface area contributed by atoms with Crippen LogP contribution < -0.4 is 0 Å². The Kier molecular flexibility index (Phi) is 3.29. The van der Waals surface area contributed by atoms with E-state index >= 15 is 0 Å². The first-order valence-corrected chi connectivity index (χ1v) is 6.18. The van der Waals surface area contributed by atoms with Crippen LogP contribution in [0.2, 0.25) is 0 Å². The third kappa shape index (κ3) is 2.51. The zero-order chi connectivity index (χ0) is 10.8. The number of carbonyl (C=O) groups is 1. The maximum Gasteiger partial charge on any atom is 0.222 e. The molecule has 2 rings (SSSR count). The third-order valence-corrected chi connectivity index (χ3v) is 3.63. The van der Waals surface area contributed by atoms with Gasteiger partial charge >= 0.3 is 0 Å². The molecule has 0 aromatic heterocycles. The fourth-order valence-corrected chi connectivity index (χ4v) is 2.52. The Morgan fingerprint density at radius 3 is 2.67 bits per heavy atom. The Balaban J connectivity index is 1.84. The number of piperidine rings is 1. The lowest BCUT2D eigenvalue weighted by Gasteiger charge is -2.40. The molecule has 2 heterocycles. The van der Waals surface area contributed by atoms with E-state index in [0.717, 1.165) is 19.4 Å². The van der Waals surface area contributed by atoms with Gasteiger partial charge in [0.15, 0.2) is 0 Å². The zero-order valence-electron chi connectivity index (χ0n) is 9.91. The summed E-state index contributed by atoms with van der Waals surface area (Å²) >= 11 is 0. The van der Waals surface area contributed by atoms with E-state index in [1.54, 1.807) is 0 Å². The predicted octanol–water partition coefficient (Wildman–Crippen LogP) is 1.34. The van der Waals surface area contributed by atoms with Crippen LogP contribution in [0.4, 0.5) is 0 Å². The average Bonchev–Trinajstić information content (AvgIpc) is 2.13. The van der Waals surface area contributed by atoms with Gasteiger partial charge in [0, 0.05) is 25.6 Å². The highest BCUT2D eigenvalue weighted by atomic mass is 16.2. The minimum atomic E-state index is 0.352. The molecule has 15 heavy (non-hydrogen) atoms. The normalized spacial score (nSPS) is 28.3. The SMILES string of the molecule is CC(C)N1CC(CN2CCC2)CCC1=O. The molecular weight excluding hydrogens is 188 g/mol. The molecule has 0 spiro atoms. The molecule has 0 N–H and O–H groups in total. The van der Waals surface area contributed by atoms with Gasteiger partial charge in [0.05, 0.1) is 0 Å². The van der Waals surface area contributed by atoms with E-state index in [1.807, 2.05) is 4.90 Å². The highest BCUT2D eigenvalue weighted by molar-refractivity contribution is 5.77. The van der Waals surface area contributed by atoms with Crippen LogP contribution >= 0.6 is 0 Å². The lowest BCUT2D eigenvalue weighted by Crippen LogP contribution is -2.49. The van der Waals surface area contributed by atoms with Crippen LogP contribution in [0, 0.1) is 5.92 Å². The molecule has 1 amide bonds. The summed E-state index contributed by atoms with van der Waals surface area (Å²) in [5.41, 5.74) is 0. The molecule has 86 valence electrons. The molecule has 2 saturated heterocycles. The van der Waals surface area contributed by atoms with E-state index in [9.17, 15) is 4.79 Å². The fraction of sp³-hybridized carbons (Fsp3) is 0.917. The van der Waals surface area contributed by atoms with E-state index < -0.39 is 0 Å². The Morgan fingerprint density at radius 2 is 2.13 bits per heavy atom. The summed E-state index contributed by atoms with van der Waals surface area (Å²) in [7, 11) is 0. The molecule has 0 bridgehead atoms. The molecule has 2 fully saturated rings. The first kappa shape index (κ1) is 10.9. The fourth-order valence-electron chi connectivity index (χ4n) is 2.52. The van der Waals surface area contributed by atoms with Crippen molar-refractivity contribution in [2.24, 2.45) is 5.92 Å². The topological polar surface area (TPSA) is 23.6 Å². The van der Waals surface area contributed by atoms with Crippen LogP contribution in [0.15, 0.2) is 0 Å². The maximum atomic E-state index is 11.7. The molecule has 0 aliphatic carbocycles. The molecule has 3 heteroatoms. The van der Waals surface area contributed by atoms with Gasteiger partial charge in [0.1, 0.15) is 0 Å². The number of hydrogen-bond acceptors (Lipinski definition) is 2. The molecule has 0 saturated carbocycles. The standard InChI is InChI=1S/C12H22N2O/c1-10(2)14-9-11(4-5-12(14)15)8-13-6-3-7-13/h10-11H,3-9H2,1-2H3. The van der Waals surface area contributed by atoms with Crippen molar-refractivity contribution in [2.75, 3.05) is 26.2 Å². The second-order valence-corrected chi connectivity index (χ2v) is 5.20. The van der Waals surface area contributed by atoms with Gasteiger partial charge in [0.25, 0.3) is 0 Å². The number of amides is 1. The minimum Gasteiger partial charge on any atom is -0.340 e. The summed E-state index contributed by atoms with van der Waals surface area (Å²) in [6, 6.07) is 0.372. The van der Waals surface area contributed by atoms with Crippen LogP contribution in [-0.4, -0.2) is 47.9 Å². The van der Waals surface area contributed by atoms with Gasteiger partial charge in [-0.15, -0.1) is 0 Å². The van der Waals surface area contributed by atoms with Crippen molar-refractivity contribution < 1.29 is 4.79 Å². The van der Waals surface area contributed by atoms with Gasteiger partial charge in [0.2, 0.25) is 5.91 Å². The van der Waals surface area contributed by atoms with E-state index in [4.69, 9.17) is 0 Å². The van der Waals surface area contributed by atoms with E-state index in [0.29, 0.717) is 17.9 Å². The molecule has 1 atom stereocenters. The van der Waals surface area contributed by atoms with E-state index in [2.05, 4.69) is 18.7 Å². The Hall–Kier alpha value is -0.570. The minimum absolute atomic E-state index is 0.352. The van der Waals surface area contributed by atoms with Gasteiger partial charge in [-0.2, -0.15) is 0 Å². The second kappa shape index (κ2) is 4.52. The summed E-state index contributed by atoms with van der Waals surface area (Å²) < 4.78 is 0. The maximum absolute atomic E-state index is 11.7.